The topological polar surface area (TPSA) is 80.1 Å². The Labute approximate surface area is 183 Å². The van der Waals surface area contributed by atoms with E-state index >= 15 is 0 Å². The summed E-state index contributed by atoms with van der Waals surface area (Å²) in [5, 5.41) is 12.6. The summed E-state index contributed by atoms with van der Waals surface area (Å²) in [7, 11) is 2.20. The molecule has 2 fully saturated rings. The zero-order chi connectivity index (χ0) is 21.0. The second-order valence-electron chi connectivity index (χ2n) is 8.69. The normalized spacial score (nSPS) is 19.1. The molecule has 0 amide bonds. The van der Waals surface area contributed by atoms with Gasteiger partial charge in [-0.05, 0) is 63.5 Å². The Bertz CT molecular complexity index is 989. The van der Waals surface area contributed by atoms with Crippen LogP contribution in [0, 0.1) is 0 Å². The Hall–Kier alpha value is -2.55. The van der Waals surface area contributed by atoms with E-state index in [-0.39, 0.29) is 0 Å². The van der Waals surface area contributed by atoms with Crippen LogP contribution in [-0.4, -0.2) is 64.0 Å². The maximum absolute atomic E-state index is 5.49. The Kier molecular flexibility index (Phi) is 6.11. The average molecular weight is 422 g/mol. The van der Waals surface area contributed by atoms with Crippen molar-refractivity contribution in [2.24, 2.45) is 0 Å². The maximum atomic E-state index is 5.49. The minimum Gasteiger partial charge on any atom is -0.381 e. The number of fused-ring (bicyclic) bond motifs is 1. The third kappa shape index (κ3) is 4.87. The summed E-state index contributed by atoms with van der Waals surface area (Å²) in [6.07, 6.45) is 8.07. The molecule has 2 saturated heterocycles. The van der Waals surface area contributed by atoms with Crippen LogP contribution in [0.25, 0.3) is 11.0 Å². The predicted octanol–water partition coefficient (Wildman–Crippen LogP) is 3.11. The van der Waals surface area contributed by atoms with Crippen LogP contribution in [-0.2, 0) is 11.3 Å². The van der Waals surface area contributed by atoms with Gasteiger partial charge in [0.25, 0.3) is 0 Å². The molecule has 0 aliphatic carbocycles. The first-order chi connectivity index (χ1) is 15.2. The Morgan fingerprint density at radius 2 is 1.81 bits per heavy atom. The summed E-state index contributed by atoms with van der Waals surface area (Å²) in [6.45, 7) is 4.82. The molecule has 8 heteroatoms. The molecule has 5 rings (SSSR count). The number of hydrogen-bond donors (Lipinski definition) is 2. The molecule has 0 bridgehead atoms. The first-order valence-electron chi connectivity index (χ1n) is 11.3. The van der Waals surface area contributed by atoms with E-state index in [4.69, 9.17) is 9.72 Å². The summed E-state index contributed by atoms with van der Waals surface area (Å²) in [6, 6.07) is 9.47. The fourth-order valence-electron chi connectivity index (χ4n) is 4.40. The molecular weight excluding hydrogens is 390 g/mol. The van der Waals surface area contributed by atoms with E-state index in [1.807, 2.05) is 17.1 Å². The molecule has 2 aromatic heterocycles. The molecule has 1 aromatic carbocycles. The van der Waals surface area contributed by atoms with E-state index in [2.05, 4.69) is 56.9 Å². The summed E-state index contributed by atoms with van der Waals surface area (Å²) >= 11 is 0. The van der Waals surface area contributed by atoms with Gasteiger partial charge < -0.3 is 20.3 Å². The molecule has 0 spiro atoms. The van der Waals surface area contributed by atoms with Gasteiger partial charge in [-0.25, -0.2) is 9.67 Å². The van der Waals surface area contributed by atoms with Crippen LogP contribution in [0.15, 0.2) is 36.7 Å². The van der Waals surface area contributed by atoms with E-state index in [9.17, 15) is 0 Å². The molecule has 2 N–H and O–H groups in total. The fourth-order valence-corrected chi connectivity index (χ4v) is 4.40. The van der Waals surface area contributed by atoms with E-state index in [1.54, 1.807) is 0 Å². The number of rotatable bonds is 6. The van der Waals surface area contributed by atoms with Crippen molar-refractivity contribution in [3.63, 3.8) is 0 Å². The van der Waals surface area contributed by atoms with Gasteiger partial charge >= 0.3 is 0 Å². The van der Waals surface area contributed by atoms with Crippen LogP contribution >= 0.6 is 0 Å². The second-order valence-corrected chi connectivity index (χ2v) is 8.69. The van der Waals surface area contributed by atoms with Gasteiger partial charge in [-0.1, -0.05) is 12.1 Å². The van der Waals surface area contributed by atoms with Crippen molar-refractivity contribution in [1.82, 2.24) is 30.0 Å². The standard InChI is InChI=1S/C23H31N7O/c1-29-10-6-19(7-11-29)24-14-17-2-4-20(5-3-17)27-23-25-15-18-16-26-30(22(18)28-23)21-8-12-31-13-9-21/h2-5,15-16,19,21,24H,6-14H2,1H3,(H,25,27,28). The van der Waals surface area contributed by atoms with Crippen molar-refractivity contribution in [3.8, 4) is 0 Å². The molecule has 0 saturated carbocycles. The van der Waals surface area contributed by atoms with Crippen LogP contribution in [0.3, 0.4) is 0 Å². The zero-order valence-electron chi connectivity index (χ0n) is 18.1. The van der Waals surface area contributed by atoms with Crippen LogP contribution < -0.4 is 10.6 Å². The average Bonchev–Trinajstić information content (AvgIpc) is 3.24. The molecule has 0 atom stereocenters. The highest BCUT2D eigenvalue weighted by Gasteiger charge is 2.19. The molecule has 0 radical (unpaired) electrons. The molecule has 31 heavy (non-hydrogen) atoms. The summed E-state index contributed by atoms with van der Waals surface area (Å²) < 4.78 is 7.52. The zero-order valence-corrected chi connectivity index (χ0v) is 18.1. The number of anilines is 2. The number of ether oxygens (including phenoxy) is 1. The number of nitrogens with zero attached hydrogens (tertiary/aromatic N) is 5. The highest BCUT2D eigenvalue weighted by molar-refractivity contribution is 5.75. The molecule has 2 aliphatic rings. The van der Waals surface area contributed by atoms with E-state index in [1.165, 1.54) is 31.5 Å². The molecule has 164 valence electrons. The second kappa shape index (κ2) is 9.30. The molecule has 0 unspecified atom stereocenters. The fraction of sp³-hybridized carbons (Fsp3) is 0.522. The van der Waals surface area contributed by atoms with Gasteiger partial charge in [0.05, 0.1) is 17.6 Å². The molecule has 3 aromatic rings. The molecule has 8 nitrogen and oxygen atoms in total. The highest BCUT2D eigenvalue weighted by atomic mass is 16.5. The first kappa shape index (κ1) is 20.4. The molecule has 2 aliphatic heterocycles. The van der Waals surface area contributed by atoms with Crippen molar-refractivity contribution in [2.75, 3.05) is 38.7 Å². The summed E-state index contributed by atoms with van der Waals surface area (Å²) in [5.41, 5.74) is 3.15. The van der Waals surface area contributed by atoms with Crippen LogP contribution in [0.2, 0.25) is 0 Å². The summed E-state index contributed by atoms with van der Waals surface area (Å²) in [5.74, 6) is 0.596. The number of hydrogen-bond acceptors (Lipinski definition) is 7. The Balaban J connectivity index is 1.22. The van der Waals surface area contributed by atoms with Gasteiger partial charge in [0, 0.05) is 37.7 Å². The smallest absolute Gasteiger partial charge is 0.229 e. The van der Waals surface area contributed by atoms with E-state index in [0.717, 1.165) is 49.3 Å². The highest BCUT2D eigenvalue weighted by Crippen LogP contribution is 2.25. The summed E-state index contributed by atoms with van der Waals surface area (Å²) in [4.78, 5) is 11.6. The molecule has 4 heterocycles. The molecular formula is C23H31N7O. The first-order valence-corrected chi connectivity index (χ1v) is 11.3. The number of nitrogens with one attached hydrogen (secondary N) is 2. The largest absolute Gasteiger partial charge is 0.381 e. The van der Waals surface area contributed by atoms with Gasteiger partial charge in [-0.3, -0.25) is 0 Å². The van der Waals surface area contributed by atoms with Gasteiger partial charge in [0.2, 0.25) is 5.95 Å². The lowest BCUT2D eigenvalue weighted by molar-refractivity contribution is 0.0673. The van der Waals surface area contributed by atoms with Crippen molar-refractivity contribution < 1.29 is 4.74 Å². The maximum Gasteiger partial charge on any atom is 0.229 e. The Morgan fingerprint density at radius 1 is 1.03 bits per heavy atom. The number of aromatic nitrogens is 4. The lowest BCUT2D eigenvalue weighted by atomic mass is 10.1. The minimum atomic E-state index is 0.338. The SMILES string of the molecule is CN1CCC(NCc2ccc(Nc3ncc4cnn(C5CCOCC5)c4n3)cc2)CC1. The minimum absolute atomic E-state index is 0.338. The third-order valence-electron chi connectivity index (χ3n) is 6.39. The lowest BCUT2D eigenvalue weighted by Crippen LogP contribution is -2.40. The number of piperidine rings is 1. The Morgan fingerprint density at radius 3 is 2.58 bits per heavy atom. The van der Waals surface area contributed by atoms with E-state index in [0.29, 0.717) is 18.0 Å². The van der Waals surface area contributed by atoms with Gasteiger partial charge in [0.1, 0.15) is 0 Å². The van der Waals surface area contributed by atoms with Gasteiger partial charge in [0.15, 0.2) is 5.65 Å². The van der Waals surface area contributed by atoms with Crippen LogP contribution in [0.1, 0.15) is 37.3 Å². The van der Waals surface area contributed by atoms with Crippen molar-refractivity contribution >= 4 is 22.7 Å². The number of likely N-dealkylation sites (tertiary alicyclic amines) is 1. The lowest BCUT2D eigenvalue weighted by Gasteiger charge is -2.29. The number of benzene rings is 1. The van der Waals surface area contributed by atoms with E-state index < -0.39 is 0 Å². The predicted molar refractivity (Wildman–Crippen MR) is 121 cm³/mol. The van der Waals surface area contributed by atoms with Crippen molar-refractivity contribution in [2.45, 2.75) is 44.3 Å². The monoisotopic (exact) mass is 421 g/mol. The van der Waals surface area contributed by atoms with Crippen LogP contribution in [0.4, 0.5) is 11.6 Å². The van der Waals surface area contributed by atoms with Crippen LogP contribution in [0.5, 0.6) is 0 Å². The quantitative estimate of drug-likeness (QED) is 0.633. The van der Waals surface area contributed by atoms with Crippen molar-refractivity contribution in [1.29, 1.82) is 0 Å². The van der Waals surface area contributed by atoms with Crippen molar-refractivity contribution in [3.05, 3.63) is 42.2 Å². The van der Waals surface area contributed by atoms with Gasteiger partial charge in [-0.2, -0.15) is 10.1 Å². The van der Waals surface area contributed by atoms with Gasteiger partial charge in [-0.15, -0.1) is 0 Å². The third-order valence-corrected chi connectivity index (χ3v) is 6.39.